The van der Waals surface area contributed by atoms with E-state index < -0.39 is 0 Å². The smallest absolute Gasteiger partial charge is 0.0701 e. The average Bonchev–Trinajstić information content (AvgIpc) is 2.47. The van der Waals surface area contributed by atoms with Gasteiger partial charge in [-0.05, 0) is 12.8 Å². The monoisotopic (exact) mass is 288 g/mol. The molecule has 122 valence electrons. The second-order valence-electron chi connectivity index (χ2n) is 5.31. The third-order valence-corrected chi connectivity index (χ3v) is 3.28. The topological polar surface area (TPSA) is 27.7 Å². The molecule has 0 aliphatic heterocycles. The summed E-state index contributed by atoms with van der Waals surface area (Å²) in [5.41, 5.74) is 0. The number of rotatable bonds is 17. The molecule has 3 nitrogen and oxygen atoms in total. The van der Waals surface area contributed by atoms with Crippen LogP contribution in [0, 0.1) is 0 Å². The van der Waals surface area contributed by atoms with Crippen LogP contribution in [0.15, 0.2) is 0 Å². The molecule has 0 saturated heterocycles. The first-order chi connectivity index (χ1) is 9.91. The largest absolute Gasteiger partial charge is 0.379 e. The number of ether oxygens (including phenoxy) is 3. The molecule has 0 atom stereocenters. The van der Waals surface area contributed by atoms with Gasteiger partial charge in [-0.1, -0.05) is 58.8 Å². The van der Waals surface area contributed by atoms with Crippen LogP contribution in [0.25, 0.3) is 0 Å². The third kappa shape index (κ3) is 17.9. The zero-order chi connectivity index (χ0) is 14.7. The van der Waals surface area contributed by atoms with Gasteiger partial charge in [-0.2, -0.15) is 0 Å². The lowest BCUT2D eigenvalue weighted by atomic mass is 10.1. The minimum absolute atomic E-state index is 0.687. The highest BCUT2D eigenvalue weighted by Gasteiger charge is 1.93. The number of hydrogen-bond acceptors (Lipinski definition) is 3. The van der Waals surface area contributed by atoms with Crippen LogP contribution in [-0.4, -0.2) is 39.6 Å². The van der Waals surface area contributed by atoms with Crippen molar-refractivity contribution in [2.45, 2.75) is 71.6 Å². The van der Waals surface area contributed by atoms with E-state index in [9.17, 15) is 0 Å². The van der Waals surface area contributed by atoms with Crippen LogP contribution in [0.3, 0.4) is 0 Å². The third-order valence-electron chi connectivity index (χ3n) is 3.28. The maximum absolute atomic E-state index is 5.53. The minimum Gasteiger partial charge on any atom is -0.379 e. The summed E-state index contributed by atoms with van der Waals surface area (Å²) in [6, 6.07) is 0. The van der Waals surface area contributed by atoms with Crippen LogP contribution in [0.2, 0.25) is 0 Å². The fourth-order valence-corrected chi connectivity index (χ4v) is 1.98. The molecule has 0 spiro atoms. The Kier molecular flexibility index (Phi) is 18.8. The first kappa shape index (κ1) is 19.9. The molecule has 0 amide bonds. The Labute approximate surface area is 126 Å². The highest BCUT2D eigenvalue weighted by molar-refractivity contribution is 4.43. The number of unbranched alkanes of at least 4 members (excludes halogenated alkanes) is 7. The fraction of sp³-hybridized carbons (Fsp3) is 1.00. The van der Waals surface area contributed by atoms with E-state index in [-0.39, 0.29) is 0 Å². The van der Waals surface area contributed by atoms with Crippen LogP contribution in [0.1, 0.15) is 71.6 Å². The molecule has 0 radical (unpaired) electrons. The van der Waals surface area contributed by atoms with E-state index in [1.165, 1.54) is 51.4 Å². The van der Waals surface area contributed by atoms with Crippen molar-refractivity contribution in [1.29, 1.82) is 0 Å². The van der Waals surface area contributed by atoms with Crippen molar-refractivity contribution in [3.05, 3.63) is 0 Å². The Hall–Kier alpha value is -0.120. The van der Waals surface area contributed by atoms with Gasteiger partial charge in [0.2, 0.25) is 0 Å². The molecule has 0 aromatic heterocycles. The molecule has 3 heteroatoms. The predicted octanol–water partition coefficient (Wildman–Crippen LogP) is 4.59. The SMILES string of the molecule is CCCCCCCCOCCOCCOCCCCC. The first-order valence-corrected chi connectivity index (χ1v) is 8.65. The summed E-state index contributed by atoms with van der Waals surface area (Å²) in [6.45, 7) is 9.00. The molecule has 20 heavy (non-hydrogen) atoms. The van der Waals surface area contributed by atoms with Crippen molar-refractivity contribution in [2.75, 3.05) is 39.6 Å². The second kappa shape index (κ2) is 18.9. The lowest BCUT2D eigenvalue weighted by molar-refractivity contribution is 0.0133. The molecule has 0 saturated carbocycles. The van der Waals surface area contributed by atoms with Crippen LogP contribution in [0.4, 0.5) is 0 Å². The van der Waals surface area contributed by atoms with Crippen LogP contribution < -0.4 is 0 Å². The van der Waals surface area contributed by atoms with Gasteiger partial charge in [0, 0.05) is 13.2 Å². The summed E-state index contributed by atoms with van der Waals surface area (Å²) in [5.74, 6) is 0. The van der Waals surface area contributed by atoms with E-state index in [1.54, 1.807) is 0 Å². The Morgan fingerprint density at radius 3 is 1.30 bits per heavy atom. The summed E-state index contributed by atoms with van der Waals surface area (Å²) < 4.78 is 16.4. The van der Waals surface area contributed by atoms with Crippen molar-refractivity contribution in [3.63, 3.8) is 0 Å². The van der Waals surface area contributed by atoms with Gasteiger partial charge in [0.15, 0.2) is 0 Å². The zero-order valence-corrected chi connectivity index (χ0v) is 13.8. The average molecular weight is 288 g/mol. The normalized spacial score (nSPS) is 11.1. The van der Waals surface area contributed by atoms with Crippen molar-refractivity contribution in [1.82, 2.24) is 0 Å². The van der Waals surface area contributed by atoms with Crippen molar-refractivity contribution < 1.29 is 14.2 Å². The van der Waals surface area contributed by atoms with Gasteiger partial charge in [-0.3, -0.25) is 0 Å². The highest BCUT2D eigenvalue weighted by atomic mass is 16.5. The van der Waals surface area contributed by atoms with Gasteiger partial charge in [0.05, 0.1) is 26.4 Å². The van der Waals surface area contributed by atoms with Crippen LogP contribution in [-0.2, 0) is 14.2 Å². The molecule has 0 heterocycles. The van der Waals surface area contributed by atoms with Crippen molar-refractivity contribution >= 4 is 0 Å². The quantitative estimate of drug-likeness (QED) is 0.366. The van der Waals surface area contributed by atoms with E-state index in [1.807, 2.05) is 0 Å². The summed E-state index contributed by atoms with van der Waals surface area (Å²) >= 11 is 0. The maximum Gasteiger partial charge on any atom is 0.0701 e. The summed E-state index contributed by atoms with van der Waals surface area (Å²) in [5, 5.41) is 0. The molecule has 0 fully saturated rings. The number of hydrogen-bond donors (Lipinski definition) is 0. The highest BCUT2D eigenvalue weighted by Crippen LogP contribution is 2.04. The first-order valence-electron chi connectivity index (χ1n) is 8.65. The van der Waals surface area contributed by atoms with Crippen LogP contribution in [0.5, 0.6) is 0 Å². The maximum atomic E-state index is 5.53. The lowest BCUT2D eigenvalue weighted by Gasteiger charge is -2.06. The summed E-state index contributed by atoms with van der Waals surface area (Å²) in [6.07, 6.45) is 11.6. The predicted molar refractivity (Wildman–Crippen MR) is 85.4 cm³/mol. The van der Waals surface area contributed by atoms with E-state index >= 15 is 0 Å². The van der Waals surface area contributed by atoms with Gasteiger partial charge < -0.3 is 14.2 Å². The molecule has 0 aromatic rings. The van der Waals surface area contributed by atoms with E-state index in [4.69, 9.17) is 14.2 Å². The van der Waals surface area contributed by atoms with Gasteiger partial charge in [0.1, 0.15) is 0 Å². The molecular weight excluding hydrogens is 252 g/mol. The zero-order valence-electron chi connectivity index (χ0n) is 13.8. The molecule has 0 N–H and O–H groups in total. The molecule has 0 rings (SSSR count). The van der Waals surface area contributed by atoms with Crippen molar-refractivity contribution in [3.8, 4) is 0 Å². The van der Waals surface area contributed by atoms with Gasteiger partial charge in [-0.15, -0.1) is 0 Å². The van der Waals surface area contributed by atoms with E-state index in [2.05, 4.69) is 13.8 Å². The minimum atomic E-state index is 0.687. The Morgan fingerprint density at radius 2 is 0.750 bits per heavy atom. The summed E-state index contributed by atoms with van der Waals surface area (Å²) in [7, 11) is 0. The molecule has 0 bridgehead atoms. The van der Waals surface area contributed by atoms with Gasteiger partial charge in [-0.25, -0.2) is 0 Å². The summed E-state index contributed by atoms with van der Waals surface area (Å²) in [4.78, 5) is 0. The molecule has 0 aromatic carbocycles. The fourth-order valence-electron chi connectivity index (χ4n) is 1.98. The Bertz CT molecular complexity index is 144. The molecule has 0 aliphatic carbocycles. The van der Waals surface area contributed by atoms with E-state index in [0.717, 1.165) is 19.6 Å². The lowest BCUT2D eigenvalue weighted by Crippen LogP contribution is -2.10. The van der Waals surface area contributed by atoms with E-state index in [0.29, 0.717) is 26.4 Å². The van der Waals surface area contributed by atoms with Gasteiger partial charge >= 0.3 is 0 Å². The molecular formula is C17H36O3. The second-order valence-corrected chi connectivity index (χ2v) is 5.31. The standard InChI is InChI=1S/C17H36O3/c1-3-5-7-8-9-11-13-19-15-17-20-16-14-18-12-10-6-4-2/h3-17H2,1-2H3. The Balaban J connectivity index is 2.89. The van der Waals surface area contributed by atoms with Gasteiger partial charge in [0.25, 0.3) is 0 Å². The van der Waals surface area contributed by atoms with Crippen LogP contribution >= 0.6 is 0 Å². The molecule has 0 aliphatic rings. The molecule has 0 unspecified atom stereocenters. The Morgan fingerprint density at radius 1 is 0.400 bits per heavy atom. The van der Waals surface area contributed by atoms with Crippen molar-refractivity contribution in [2.24, 2.45) is 0 Å².